The quantitative estimate of drug-likeness (QED) is 0.406. The molecule has 8 heteroatoms. The van der Waals surface area contributed by atoms with E-state index in [1.54, 1.807) is 24.3 Å². The van der Waals surface area contributed by atoms with Gasteiger partial charge in [-0.25, -0.2) is 0 Å². The Bertz CT molecular complexity index is 776. The van der Waals surface area contributed by atoms with E-state index in [9.17, 15) is 24.3 Å². The predicted octanol–water partition coefficient (Wildman–Crippen LogP) is -2.80. The summed E-state index contributed by atoms with van der Waals surface area (Å²) < 4.78 is 0. The van der Waals surface area contributed by atoms with Crippen molar-refractivity contribution in [3.63, 3.8) is 0 Å². The Morgan fingerprint density at radius 1 is 1.07 bits per heavy atom. The van der Waals surface area contributed by atoms with Crippen molar-refractivity contribution >= 4 is 23.7 Å². The molecule has 1 saturated carbocycles. The summed E-state index contributed by atoms with van der Waals surface area (Å²) in [5.41, 5.74) is 0.684. The average Bonchev–Trinajstić information content (AvgIpc) is 3.27. The summed E-state index contributed by atoms with van der Waals surface area (Å²) in [4.78, 5) is 51.4. The zero-order valence-corrected chi connectivity index (χ0v) is 18.3. The molecule has 2 heterocycles. The van der Waals surface area contributed by atoms with Crippen molar-refractivity contribution in [3.8, 4) is 0 Å². The van der Waals surface area contributed by atoms with Crippen LogP contribution in [0.15, 0.2) is 24.3 Å². The van der Waals surface area contributed by atoms with Gasteiger partial charge in [-0.2, -0.15) is 0 Å². The van der Waals surface area contributed by atoms with E-state index in [1.807, 2.05) is 0 Å². The minimum absolute atomic E-state index is 0. The molecule has 2 fully saturated rings. The largest absolute Gasteiger partial charge is 1.00 e. The van der Waals surface area contributed by atoms with E-state index in [4.69, 9.17) is 0 Å². The number of fused-ring (bicyclic) bond motifs is 2. The molecule has 136 valence electrons. The predicted molar refractivity (Wildman–Crippen MR) is 87.8 cm³/mol. The summed E-state index contributed by atoms with van der Waals surface area (Å²) in [7, 11) is 0. The topological polar surface area (TPSA) is 97.8 Å². The maximum absolute atomic E-state index is 12.7. The van der Waals surface area contributed by atoms with Crippen LogP contribution in [-0.4, -0.2) is 52.1 Å². The number of carboxylic acids is 1. The van der Waals surface area contributed by atoms with Crippen LogP contribution in [0.3, 0.4) is 0 Å². The van der Waals surface area contributed by atoms with Gasteiger partial charge in [0.15, 0.2) is 0 Å². The van der Waals surface area contributed by atoms with Gasteiger partial charge in [-0.3, -0.25) is 19.3 Å². The average molecular weight is 394 g/mol. The molecule has 0 spiro atoms. The van der Waals surface area contributed by atoms with Crippen LogP contribution in [0.2, 0.25) is 0 Å². The smallest absolute Gasteiger partial charge is 0.548 e. The zero-order chi connectivity index (χ0) is 18.4. The second kappa shape index (κ2) is 8.12. The van der Waals surface area contributed by atoms with Crippen molar-refractivity contribution in [3.05, 3.63) is 35.4 Å². The molecule has 4 rings (SSSR count). The molecule has 3 amide bonds. The number of nitrogens with zero attached hydrogens (tertiary/aromatic N) is 2. The Kier molecular flexibility index (Phi) is 6.22. The van der Waals surface area contributed by atoms with Crippen LogP contribution in [0.1, 0.15) is 52.8 Å². The summed E-state index contributed by atoms with van der Waals surface area (Å²) in [5.74, 6) is -2.16. The van der Waals surface area contributed by atoms with E-state index in [-0.39, 0.29) is 82.2 Å². The van der Waals surface area contributed by atoms with Gasteiger partial charge < -0.3 is 14.8 Å². The number of carboxylic acid groups (broad SMARTS) is 1. The molecule has 0 unspecified atom stereocenters. The van der Waals surface area contributed by atoms with Crippen LogP contribution < -0.4 is 56.5 Å². The third-order valence-electron chi connectivity index (χ3n) is 5.83. The molecule has 2 aliphatic heterocycles. The number of aliphatic carboxylic acids is 1. The van der Waals surface area contributed by atoms with Crippen LogP contribution in [-0.2, 0) is 9.59 Å². The Labute approximate surface area is 199 Å². The van der Waals surface area contributed by atoms with E-state index in [1.165, 1.54) is 4.90 Å². The van der Waals surface area contributed by atoms with Crippen LogP contribution in [0.25, 0.3) is 0 Å². The van der Waals surface area contributed by atoms with Gasteiger partial charge >= 0.3 is 51.4 Å². The zero-order valence-electron chi connectivity index (χ0n) is 15.2. The summed E-state index contributed by atoms with van der Waals surface area (Å²) in [6.45, 7) is -0.0428. The first-order chi connectivity index (χ1) is 12.5. The number of benzene rings is 1. The summed E-state index contributed by atoms with van der Waals surface area (Å²) >= 11 is 0. The number of carbonyl (C=O) groups excluding carboxylic acids is 4. The van der Waals surface area contributed by atoms with Gasteiger partial charge in [0.05, 0.1) is 23.1 Å². The maximum Gasteiger partial charge on any atom is 1.00 e. The number of imide groups is 1. The SMILES string of the molecule is O=C([O-])[C@H]1C[C@H]2CCC[C@H]2N1C(=O)CCN1C(=O)c2ccccc2C1=O.[K+]. The number of rotatable bonds is 4. The van der Waals surface area contributed by atoms with Crippen molar-refractivity contribution in [2.45, 2.75) is 44.2 Å². The third kappa shape index (κ3) is 3.53. The van der Waals surface area contributed by atoms with E-state index in [2.05, 4.69) is 0 Å². The van der Waals surface area contributed by atoms with E-state index in [0.29, 0.717) is 17.5 Å². The molecule has 3 atom stereocenters. The normalized spacial score (nSPS) is 26.0. The number of hydrogen-bond acceptors (Lipinski definition) is 5. The molecule has 0 bridgehead atoms. The van der Waals surface area contributed by atoms with E-state index < -0.39 is 23.8 Å². The first kappa shape index (κ1) is 20.7. The molecule has 7 nitrogen and oxygen atoms in total. The molecule has 1 aromatic rings. The van der Waals surface area contributed by atoms with Gasteiger partial charge in [0.25, 0.3) is 11.8 Å². The Hall–Kier alpha value is -1.06. The molecule has 3 aliphatic rings. The number of carbonyl (C=O) groups is 4. The fraction of sp³-hybridized carbons (Fsp3) is 0.474. The third-order valence-corrected chi connectivity index (χ3v) is 5.83. The maximum atomic E-state index is 12.7. The molecule has 1 saturated heterocycles. The summed E-state index contributed by atoms with van der Waals surface area (Å²) in [6.07, 6.45) is 3.07. The molecule has 0 radical (unpaired) electrons. The summed E-state index contributed by atoms with van der Waals surface area (Å²) in [5, 5.41) is 11.4. The first-order valence-electron chi connectivity index (χ1n) is 8.96. The molecule has 27 heavy (non-hydrogen) atoms. The van der Waals surface area contributed by atoms with Crippen molar-refractivity contribution in [1.82, 2.24) is 9.80 Å². The monoisotopic (exact) mass is 394 g/mol. The van der Waals surface area contributed by atoms with Crippen molar-refractivity contribution in [1.29, 1.82) is 0 Å². The Balaban J connectivity index is 0.00000210. The van der Waals surface area contributed by atoms with Gasteiger partial charge in [-0.05, 0) is 37.3 Å². The van der Waals surface area contributed by atoms with Crippen LogP contribution in [0.4, 0.5) is 0 Å². The molecule has 0 aromatic heterocycles. The number of likely N-dealkylation sites (tertiary alicyclic amines) is 1. The summed E-state index contributed by atoms with van der Waals surface area (Å²) in [6, 6.07) is 5.59. The van der Waals surface area contributed by atoms with Gasteiger partial charge in [-0.15, -0.1) is 0 Å². The fourth-order valence-electron chi connectivity index (χ4n) is 4.64. The molecule has 0 N–H and O–H groups in total. The van der Waals surface area contributed by atoms with E-state index >= 15 is 0 Å². The second-order valence-corrected chi connectivity index (χ2v) is 7.19. The molecule has 1 aliphatic carbocycles. The fourth-order valence-corrected chi connectivity index (χ4v) is 4.64. The van der Waals surface area contributed by atoms with Crippen molar-refractivity contribution in [2.24, 2.45) is 5.92 Å². The minimum atomic E-state index is -1.23. The Morgan fingerprint density at radius 3 is 2.30 bits per heavy atom. The van der Waals surface area contributed by atoms with Gasteiger partial charge in [-0.1, -0.05) is 18.6 Å². The van der Waals surface area contributed by atoms with Gasteiger partial charge in [0, 0.05) is 19.0 Å². The molecular formula is C19H19KN2O5. The van der Waals surface area contributed by atoms with E-state index in [0.717, 1.165) is 24.2 Å². The van der Waals surface area contributed by atoms with Crippen LogP contribution >= 0.6 is 0 Å². The molecular weight excluding hydrogens is 375 g/mol. The molecule has 1 aromatic carbocycles. The van der Waals surface area contributed by atoms with Crippen molar-refractivity contribution in [2.75, 3.05) is 6.54 Å². The van der Waals surface area contributed by atoms with Gasteiger partial charge in [0.1, 0.15) is 0 Å². The number of amides is 3. The van der Waals surface area contributed by atoms with Crippen LogP contribution in [0.5, 0.6) is 0 Å². The minimum Gasteiger partial charge on any atom is -0.548 e. The van der Waals surface area contributed by atoms with Crippen LogP contribution in [0, 0.1) is 5.92 Å². The number of hydrogen-bond donors (Lipinski definition) is 0. The first-order valence-corrected chi connectivity index (χ1v) is 8.96. The van der Waals surface area contributed by atoms with Crippen molar-refractivity contribution < 1.29 is 75.7 Å². The Morgan fingerprint density at radius 2 is 1.70 bits per heavy atom. The van der Waals surface area contributed by atoms with Gasteiger partial charge in [0.2, 0.25) is 5.91 Å². The second-order valence-electron chi connectivity index (χ2n) is 7.19. The standard InChI is InChI=1S/C19H20N2O5.K/c22-16(21-14-7-3-4-11(14)10-15(21)19(25)26)8-9-20-17(23)12-5-1-2-6-13(12)18(20)24;/h1-2,5-6,11,14-15H,3-4,7-10H2,(H,25,26);/q;+1/p-1/t11-,14-,15-;/m1./s1.